The number of alkyl halides is 3. The second-order valence-electron chi connectivity index (χ2n) is 5.44. The van der Waals surface area contributed by atoms with Gasteiger partial charge in [0, 0.05) is 22.8 Å². The summed E-state index contributed by atoms with van der Waals surface area (Å²) in [7, 11) is 0. The molecule has 0 radical (unpaired) electrons. The molecule has 2 aromatic heterocycles. The molecule has 25 heavy (non-hydrogen) atoms. The average Bonchev–Trinajstić information content (AvgIpc) is 3.08. The lowest BCUT2D eigenvalue weighted by molar-refractivity contribution is -0.287. The number of hydrogen-bond donors (Lipinski definition) is 3. The topological polar surface area (TPSA) is 91.3 Å². The standard InChI is InChI=1S/C15H12F3N3O3S/c16-15(17,18)14(24)10(12(22)8-3-1-5-19-7-8)11(20-13(23)21-14)9-4-2-6-25-9/h1-7,10-11,24H,(H2,20,21,23)/t10-,11+,14-/m0/s1. The number of urea groups is 1. The van der Waals surface area contributed by atoms with Crippen LogP contribution in [0.2, 0.25) is 0 Å². The number of carbonyl (C=O) groups is 2. The van der Waals surface area contributed by atoms with Gasteiger partial charge in [-0.3, -0.25) is 9.78 Å². The van der Waals surface area contributed by atoms with Gasteiger partial charge in [0.2, 0.25) is 5.72 Å². The van der Waals surface area contributed by atoms with Gasteiger partial charge in [-0.2, -0.15) is 13.2 Å². The summed E-state index contributed by atoms with van der Waals surface area (Å²) in [6.45, 7) is 0. The van der Waals surface area contributed by atoms with E-state index in [2.05, 4.69) is 10.3 Å². The van der Waals surface area contributed by atoms with E-state index in [-0.39, 0.29) is 5.56 Å². The molecule has 132 valence electrons. The molecule has 2 amide bonds. The van der Waals surface area contributed by atoms with E-state index in [0.717, 1.165) is 17.5 Å². The first-order valence-electron chi connectivity index (χ1n) is 7.09. The lowest BCUT2D eigenvalue weighted by Gasteiger charge is -2.44. The zero-order valence-corrected chi connectivity index (χ0v) is 13.3. The minimum Gasteiger partial charge on any atom is -0.363 e. The van der Waals surface area contributed by atoms with E-state index in [1.165, 1.54) is 29.7 Å². The highest BCUT2D eigenvalue weighted by Gasteiger charge is 2.66. The van der Waals surface area contributed by atoms with Crippen LogP contribution in [0.5, 0.6) is 0 Å². The van der Waals surface area contributed by atoms with Crippen molar-refractivity contribution < 1.29 is 27.9 Å². The van der Waals surface area contributed by atoms with E-state index >= 15 is 0 Å². The molecule has 0 saturated carbocycles. The fraction of sp³-hybridized carbons (Fsp3) is 0.267. The number of Topliss-reactive ketones (excluding diaryl/α,β-unsaturated/α-hetero) is 1. The molecular weight excluding hydrogens is 359 g/mol. The number of nitrogens with zero attached hydrogens (tertiary/aromatic N) is 1. The van der Waals surface area contributed by atoms with E-state index in [1.54, 1.807) is 11.4 Å². The number of pyridine rings is 1. The van der Waals surface area contributed by atoms with Crippen molar-refractivity contribution in [2.24, 2.45) is 5.92 Å². The van der Waals surface area contributed by atoms with E-state index in [4.69, 9.17) is 0 Å². The molecule has 0 spiro atoms. The van der Waals surface area contributed by atoms with Crippen molar-refractivity contribution in [2.75, 3.05) is 0 Å². The molecule has 0 aliphatic carbocycles. The molecule has 3 N–H and O–H groups in total. The fourth-order valence-corrected chi connectivity index (χ4v) is 3.55. The Hall–Kier alpha value is -2.46. The van der Waals surface area contributed by atoms with Crippen molar-refractivity contribution in [3.63, 3.8) is 0 Å². The molecule has 0 aromatic carbocycles. The van der Waals surface area contributed by atoms with Crippen molar-refractivity contribution in [2.45, 2.75) is 17.9 Å². The number of carbonyl (C=O) groups excluding carboxylic acids is 2. The summed E-state index contributed by atoms with van der Waals surface area (Å²) in [5.74, 6) is -3.01. The summed E-state index contributed by atoms with van der Waals surface area (Å²) in [4.78, 5) is 28.6. The summed E-state index contributed by atoms with van der Waals surface area (Å²) >= 11 is 1.07. The highest BCUT2D eigenvalue weighted by atomic mass is 32.1. The van der Waals surface area contributed by atoms with Crippen molar-refractivity contribution >= 4 is 23.2 Å². The lowest BCUT2D eigenvalue weighted by Crippen LogP contribution is -2.72. The van der Waals surface area contributed by atoms with Gasteiger partial charge in [-0.25, -0.2) is 4.79 Å². The average molecular weight is 371 g/mol. The first-order chi connectivity index (χ1) is 11.7. The molecule has 1 saturated heterocycles. The molecular formula is C15H12F3N3O3S. The zero-order chi connectivity index (χ0) is 18.2. The van der Waals surface area contributed by atoms with Crippen LogP contribution in [0.15, 0.2) is 42.0 Å². The molecule has 0 unspecified atom stereocenters. The number of ketones is 1. The van der Waals surface area contributed by atoms with Crippen molar-refractivity contribution in [3.8, 4) is 0 Å². The number of aliphatic hydroxyl groups is 1. The molecule has 3 heterocycles. The lowest BCUT2D eigenvalue weighted by atomic mass is 9.79. The van der Waals surface area contributed by atoms with E-state index < -0.39 is 35.7 Å². The summed E-state index contributed by atoms with van der Waals surface area (Å²) in [5, 5.41) is 15.7. The Morgan fingerprint density at radius 1 is 1.32 bits per heavy atom. The summed E-state index contributed by atoms with van der Waals surface area (Å²) < 4.78 is 40.7. The second kappa shape index (κ2) is 6.12. The number of thiophene rings is 1. The normalized spacial score (nSPS) is 26.6. The Labute approximate surface area is 143 Å². The maximum Gasteiger partial charge on any atom is 0.437 e. The molecule has 3 rings (SSSR count). The van der Waals surface area contributed by atoms with Gasteiger partial charge < -0.3 is 15.7 Å². The third-order valence-electron chi connectivity index (χ3n) is 3.88. The number of rotatable bonds is 3. The molecule has 3 atom stereocenters. The Kier molecular flexibility index (Phi) is 4.25. The molecule has 6 nitrogen and oxygen atoms in total. The van der Waals surface area contributed by atoms with Crippen LogP contribution in [-0.4, -0.2) is 33.8 Å². The van der Waals surface area contributed by atoms with Gasteiger partial charge in [0.15, 0.2) is 5.78 Å². The van der Waals surface area contributed by atoms with Crippen molar-refractivity contribution in [3.05, 3.63) is 52.5 Å². The third-order valence-corrected chi connectivity index (χ3v) is 4.84. The number of hydrogen-bond acceptors (Lipinski definition) is 5. The number of halogens is 3. The largest absolute Gasteiger partial charge is 0.437 e. The highest BCUT2D eigenvalue weighted by molar-refractivity contribution is 7.10. The minimum absolute atomic E-state index is 0.102. The molecule has 0 bridgehead atoms. The van der Waals surface area contributed by atoms with Crippen LogP contribution in [0.3, 0.4) is 0 Å². The van der Waals surface area contributed by atoms with Gasteiger partial charge >= 0.3 is 12.2 Å². The second-order valence-corrected chi connectivity index (χ2v) is 6.42. The Bertz CT molecular complexity index is 782. The van der Waals surface area contributed by atoms with E-state index in [1.807, 2.05) is 0 Å². The van der Waals surface area contributed by atoms with Crippen LogP contribution in [0.4, 0.5) is 18.0 Å². The van der Waals surface area contributed by atoms with Crippen LogP contribution >= 0.6 is 11.3 Å². The number of nitrogens with one attached hydrogen (secondary N) is 2. The van der Waals surface area contributed by atoms with E-state index in [9.17, 15) is 27.9 Å². The maximum absolute atomic E-state index is 13.6. The maximum atomic E-state index is 13.6. The molecule has 1 fully saturated rings. The van der Waals surface area contributed by atoms with Crippen LogP contribution in [0, 0.1) is 5.92 Å². The van der Waals surface area contributed by atoms with Crippen molar-refractivity contribution in [1.82, 2.24) is 15.6 Å². The Morgan fingerprint density at radius 3 is 2.64 bits per heavy atom. The van der Waals surface area contributed by atoms with Gasteiger partial charge in [-0.05, 0) is 23.6 Å². The van der Waals surface area contributed by atoms with Crippen LogP contribution in [-0.2, 0) is 0 Å². The zero-order valence-electron chi connectivity index (χ0n) is 12.4. The van der Waals surface area contributed by atoms with Gasteiger partial charge in [-0.15, -0.1) is 11.3 Å². The van der Waals surface area contributed by atoms with Crippen LogP contribution < -0.4 is 10.6 Å². The monoisotopic (exact) mass is 371 g/mol. The van der Waals surface area contributed by atoms with Crippen LogP contribution in [0.25, 0.3) is 0 Å². The van der Waals surface area contributed by atoms with Gasteiger partial charge in [0.1, 0.15) is 5.92 Å². The van der Waals surface area contributed by atoms with E-state index in [0.29, 0.717) is 4.88 Å². The number of amides is 2. The summed E-state index contributed by atoms with van der Waals surface area (Å²) in [5.41, 5.74) is -3.81. The fourth-order valence-electron chi connectivity index (χ4n) is 2.73. The Balaban J connectivity index is 2.14. The Morgan fingerprint density at radius 2 is 2.08 bits per heavy atom. The van der Waals surface area contributed by atoms with Gasteiger partial charge in [0.25, 0.3) is 0 Å². The smallest absolute Gasteiger partial charge is 0.363 e. The highest BCUT2D eigenvalue weighted by Crippen LogP contribution is 2.44. The first-order valence-corrected chi connectivity index (χ1v) is 7.97. The molecule has 1 aliphatic heterocycles. The predicted molar refractivity (Wildman–Crippen MR) is 81.8 cm³/mol. The van der Waals surface area contributed by atoms with Crippen LogP contribution in [0.1, 0.15) is 21.3 Å². The minimum atomic E-state index is -5.26. The number of aromatic nitrogens is 1. The van der Waals surface area contributed by atoms with Crippen molar-refractivity contribution in [1.29, 1.82) is 0 Å². The third kappa shape index (κ3) is 2.98. The SMILES string of the molecule is O=C1N[C@H](c2cccs2)[C@@H](C(=O)c2cccnc2)[C@](O)(C(F)(F)F)N1. The van der Waals surface area contributed by atoms with Gasteiger partial charge in [-0.1, -0.05) is 6.07 Å². The first kappa shape index (κ1) is 17.4. The summed E-state index contributed by atoms with van der Waals surface area (Å²) in [6, 6.07) is 3.21. The molecule has 2 aromatic rings. The predicted octanol–water partition coefficient (Wildman–Crippen LogP) is 2.25. The molecule has 10 heteroatoms. The summed E-state index contributed by atoms with van der Waals surface area (Å²) in [6.07, 6.45) is -2.78. The molecule has 1 aliphatic rings. The van der Waals surface area contributed by atoms with Gasteiger partial charge in [0.05, 0.1) is 6.04 Å². The quantitative estimate of drug-likeness (QED) is 0.722.